The smallest absolute Gasteiger partial charge is 0.302 e. The second kappa shape index (κ2) is 14.8. The Morgan fingerprint density at radius 2 is 1.61 bits per heavy atom. The Bertz CT molecular complexity index is 1820. The fraction of sp³-hybridized carbons (Fsp3) is 0.472. The fourth-order valence-electron chi connectivity index (χ4n) is 5.87. The second-order valence-electron chi connectivity index (χ2n) is 13.3. The second-order valence-corrected chi connectivity index (χ2v) is 21.1. The lowest BCUT2D eigenvalue weighted by Gasteiger charge is -2.42. The largest absolute Gasteiger partial charge is 0.497 e. The van der Waals surface area contributed by atoms with Crippen LogP contribution < -0.4 is 20.2 Å². The van der Waals surface area contributed by atoms with Gasteiger partial charge in [0.1, 0.15) is 53.5 Å². The summed E-state index contributed by atoms with van der Waals surface area (Å²) in [6.45, 7) is 15.3. The molecule has 266 valence electrons. The Morgan fingerprint density at radius 3 is 2.18 bits per heavy atom. The van der Waals surface area contributed by atoms with Crippen LogP contribution in [0.3, 0.4) is 0 Å². The zero-order valence-electron chi connectivity index (χ0n) is 30.1. The van der Waals surface area contributed by atoms with Gasteiger partial charge < -0.3 is 23.8 Å². The maximum Gasteiger partial charge on any atom is 0.302 e. The lowest BCUT2D eigenvalue weighted by molar-refractivity contribution is -0.161. The molecule has 8 nitrogen and oxygen atoms in total. The number of ether oxygens (including phenoxy) is 2. The van der Waals surface area contributed by atoms with E-state index < -0.39 is 44.4 Å². The van der Waals surface area contributed by atoms with Gasteiger partial charge in [0.2, 0.25) is 5.88 Å². The maximum atomic E-state index is 16.3. The molecule has 0 bridgehead atoms. The highest BCUT2D eigenvalue weighted by atomic mass is 31.2. The summed E-state index contributed by atoms with van der Waals surface area (Å²) in [5, 5.41) is 3.66. The Hall–Kier alpha value is -3.47. The van der Waals surface area contributed by atoms with Gasteiger partial charge in [-0.05, 0) is 89.0 Å². The molecule has 4 rings (SSSR count). The van der Waals surface area contributed by atoms with E-state index in [1.54, 1.807) is 40.4 Å². The molecule has 4 aromatic rings. The van der Waals surface area contributed by atoms with Gasteiger partial charge in [0.15, 0.2) is 8.32 Å². The van der Waals surface area contributed by atoms with Gasteiger partial charge in [-0.25, -0.2) is 19.3 Å². The highest BCUT2D eigenvalue weighted by Gasteiger charge is 2.54. The molecule has 2 heterocycles. The first-order chi connectivity index (χ1) is 22.9. The first-order valence-corrected chi connectivity index (χ1v) is 21.7. The zero-order chi connectivity index (χ0) is 36.4. The van der Waals surface area contributed by atoms with Gasteiger partial charge in [-0.3, -0.25) is 0 Å². The van der Waals surface area contributed by atoms with Gasteiger partial charge in [-0.1, -0.05) is 45.0 Å². The third kappa shape index (κ3) is 8.13. The topological polar surface area (TPSA) is 95.5 Å². The summed E-state index contributed by atoms with van der Waals surface area (Å²) in [6.07, 6.45) is 0. The molecule has 1 atom stereocenters. The molecule has 0 fully saturated rings. The summed E-state index contributed by atoms with van der Waals surface area (Å²) in [6, 6.07) is 14.3. The van der Waals surface area contributed by atoms with Gasteiger partial charge in [0.25, 0.3) is 0 Å². The molecule has 0 aliphatic carbocycles. The molecule has 2 aromatic heterocycles. The van der Waals surface area contributed by atoms with Gasteiger partial charge in [-0.15, -0.1) is 0 Å². The van der Waals surface area contributed by atoms with Gasteiger partial charge in [0.05, 0.1) is 24.1 Å². The van der Waals surface area contributed by atoms with Gasteiger partial charge in [0, 0.05) is 5.56 Å². The lowest BCUT2D eigenvalue weighted by Crippen LogP contribution is -2.52. The van der Waals surface area contributed by atoms with Crippen molar-refractivity contribution in [2.24, 2.45) is 0 Å². The number of methoxy groups -OCH3 is 1. The minimum atomic E-state index is -3.62. The van der Waals surface area contributed by atoms with Crippen LogP contribution >= 0.6 is 7.14 Å². The number of alkyl halides is 2. The van der Waals surface area contributed by atoms with E-state index in [0.717, 1.165) is 11.6 Å². The Kier molecular flexibility index (Phi) is 11.6. The minimum Gasteiger partial charge on any atom is -0.497 e. The summed E-state index contributed by atoms with van der Waals surface area (Å²) in [7, 11) is -3.76. The third-order valence-corrected chi connectivity index (χ3v) is 15.3. The number of hydrogen-bond donors (Lipinski definition) is 1. The normalized spacial score (nSPS) is 13.4. The van der Waals surface area contributed by atoms with Crippen molar-refractivity contribution >= 4 is 37.6 Å². The number of nitrogens with one attached hydrogen (secondary N) is 1. The number of aryl methyl sites for hydroxylation is 1. The molecule has 1 N–H and O–H groups in total. The summed E-state index contributed by atoms with van der Waals surface area (Å²) in [5.74, 6) is -3.11. The van der Waals surface area contributed by atoms with Crippen LogP contribution in [0, 0.1) is 12.7 Å². The number of nitrogens with zero attached hydrogens (tertiary/aromatic N) is 3. The van der Waals surface area contributed by atoms with Crippen molar-refractivity contribution in [1.29, 1.82) is 0 Å². The van der Waals surface area contributed by atoms with Crippen molar-refractivity contribution in [3.8, 4) is 11.6 Å². The van der Waals surface area contributed by atoms with E-state index in [0.29, 0.717) is 51.9 Å². The number of fused-ring (bicyclic) bond motifs is 1. The van der Waals surface area contributed by atoms with E-state index in [1.165, 1.54) is 26.0 Å². The number of hydrogen-bond acceptors (Lipinski definition) is 8. The molecule has 0 spiro atoms. The van der Waals surface area contributed by atoms with Crippen LogP contribution in [0.2, 0.25) is 18.1 Å². The van der Waals surface area contributed by atoms with E-state index >= 15 is 13.2 Å². The summed E-state index contributed by atoms with van der Waals surface area (Å²) in [4.78, 5) is 13.7. The molecule has 13 heteroatoms. The van der Waals surface area contributed by atoms with E-state index in [4.69, 9.17) is 13.9 Å². The molecule has 2 aromatic carbocycles. The quantitative estimate of drug-likeness (QED) is 0.0961. The predicted molar refractivity (Wildman–Crippen MR) is 193 cm³/mol. The lowest BCUT2D eigenvalue weighted by atomic mass is 9.91. The van der Waals surface area contributed by atoms with Crippen LogP contribution in [-0.2, 0) is 21.5 Å². The molecular weight excluding hydrogens is 668 g/mol. The average Bonchev–Trinajstić information content (AvgIpc) is 3.05. The molecule has 0 radical (unpaired) electrons. The van der Waals surface area contributed by atoms with Gasteiger partial charge >= 0.3 is 5.92 Å². The number of anilines is 1. The van der Waals surface area contributed by atoms with E-state index in [2.05, 4.69) is 20.3 Å². The highest BCUT2D eigenvalue weighted by molar-refractivity contribution is 7.69. The molecule has 0 aliphatic rings. The molecule has 0 amide bonds. The van der Waals surface area contributed by atoms with Crippen LogP contribution in [0.4, 0.5) is 19.0 Å². The number of pyridine rings is 1. The number of halogens is 3. The molecule has 0 saturated carbocycles. The number of rotatable bonds is 15. The van der Waals surface area contributed by atoms with Crippen molar-refractivity contribution in [1.82, 2.24) is 15.0 Å². The molecule has 49 heavy (non-hydrogen) atoms. The molecule has 1 unspecified atom stereocenters. The standard InChI is InChI=1S/C36H48F3N4O4PSi/c1-11-49(12-2,13-3)47-35(6,7)36(38,39)29-16-14-15-27(31(29)37)23(4)40-33-28-21-30(48(9,10)44)43-34(32(28)41-24(5)42-33)46-22-25-17-19-26(45-8)20-18-25/h14-21,23H,11-13,22H2,1-10H3,(H,40,41,42). The van der Waals surface area contributed by atoms with Crippen molar-refractivity contribution < 1.29 is 31.6 Å². The first kappa shape index (κ1) is 38.3. The third-order valence-electron chi connectivity index (χ3n) is 9.18. The molecule has 0 aliphatic heterocycles. The van der Waals surface area contributed by atoms with E-state index in [9.17, 15) is 4.57 Å². The Labute approximate surface area is 288 Å². The average molecular weight is 717 g/mol. The number of aromatic nitrogens is 3. The van der Waals surface area contributed by atoms with Crippen molar-refractivity contribution in [2.45, 2.75) is 90.8 Å². The maximum absolute atomic E-state index is 16.3. The number of benzene rings is 2. The Morgan fingerprint density at radius 1 is 0.980 bits per heavy atom. The van der Waals surface area contributed by atoms with Gasteiger partial charge in [-0.2, -0.15) is 8.78 Å². The summed E-state index contributed by atoms with van der Waals surface area (Å²) >= 11 is 0. The minimum absolute atomic E-state index is 0.0317. The van der Waals surface area contributed by atoms with Crippen LogP contribution in [0.1, 0.15) is 70.1 Å². The van der Waals surface area contributed by atoms with Crippen molar-refractivity contribution in [3.63, 3.8) is 0 Å². The summed E-state index contributed by atoms with van der Waals surface area (Å²) < 4.78 is 79.7. The Balaban J connectivity index is 1.74. The van der Waals surface area contributed by atoms with Crippen LogP contribution in [0.5, 0.6) is 11.6 Å². The summed E-state index contributed by atoms with van der Waals surface area (Å²) in [5.41, 5.74) is -1.11. The monoisotopic (exact) mass is 716 g/mol. The highest BCUT2D eigenvalue weighted by Crippen LogP contribution is 2.46. The molecule has 0 saturated heterocycles. The van der Waals surface area contributed by atoms with Crippen LogP contribution in [-0.4, -0.2) is 49.3 Å². The molecular formula is C36H48F3N4O4PSi. The SMILES string of the molecule is CC[Si](CC)(CC)OC(C)(C)C(F)(F)c1cccc(C(C)Nc2nc(C)nc3c(OCc4ccc(OC)cc4)nc(P(C)(C)=O)cc23)c1F. The van der Waals surface area contributed by atoms with Crippen molar-refractivity contribution in [3.05, 3.63) is 76.9 Å². The van der Waals surface area contributed by atoms with Crippen LogP contribution in [0.25, 0.3) is 10.9 Å². The van der Waals surface area contributed by atoms with E-state index in [1.807, 2.05) is 45.0 Å². The zero-order valence-corrected chi connectivity index (χ0v) is 32.0. The van der Waals surface area contributed by atoms with Crippen LogP contribution in [0.15, 0.2) is 48.5 Å². The predicted octanol–water partition coefficient (Wildman–Crippen LogP) is 9.37. The first-order valence-electron chi connectivity index (χ1n) is 16.6. The van der Waals surface area contributed by atoms with Crippen molar-refractivity contribution in [2.75, 3.05) is 25.8 Å². The van der Waals surface area contributed by atoms with E-state index in [-0.39, 0.29) is 18.1 Å². The fourth-order valence-corrected chi connectivity index (χ4v) is 9.78.